The van der Waals surface area contributed by atoms with E-state index < -0.39 is 0 Å². The molecule has 0 bridgehead atoms. The van der Waals surface area contributed by atoms with Crippen LogP contribution in [0.3, 0.4) is 0 Å². The van der Waals surface area contributed by atoms with Crippen LogP contribution in [0.1, 0.15) is 19.8 Å². The van der Waals surface area contributed by atoms with Crippen molar-refractivity contribution in [3.8, 4) is 0 Å². The molecular weight excluding hydrogens is 116 g/mol. The van der Waals surface area contributed by atoms with E-state index in [1.807, 2.05) is 6.92 Å². The standard InChI is InChI=1S/C7H12O2/c1-6(2)7-4-3-5-8-9-7/h7H,1,3-5H2,2H3. The maximum atomic E-state index is 4.94. The molecule has 0 aliphatic carbocycles. The summed E-state index contributed by atoms with van der Waals surface area (Å²) in [6.45, 7) is 6.46. The van der Waals surface area contributed by atoms with Gasteiger partial charge in [-0.2, -0.15) is 0 Å². The lowest BCUT2D eigenvalue weighted by atomic mass is 10.1. The molecule has 0 N–H and O–H groups in total. The van der Waals surface area contributed by atoms with E-state index in [4.69, 9.17) is 9.78 Å². The molecular formula is C7H12O2. The third kappa shape index (κ3) is 1.80. The third-order valence-electron chi connectivity index (χ3n) is 1.43. The highest BCUT2D eigenvalue weighted by atomic mass is 17.2. The number of rotatable bonds is 1. The maximum absolute atomic E-state index is 4.94. The molecule has 1 fully saturated rings. The van der Waals surface area contributed by atoms with Gasteiger partial charge < -0.3 is 0 Å². The van der Waals surface area contributed by atoms with Gasteiger partial charge in [-0.25, -0.2) is 9.78 Å². The van der Waals surface area contributed by atoms with Gasteiger partial charge in [-0.1, -0.05) is 6.58 Å². The lowest BCUT2D eigenvalue weighted by Gasteiger charge is -2.20. The van der Waals surface area contributed by atoms with Crippen molar-refractivity contribution < 1.29 is 9.78 Å². The Bertz CT molecular complexity index is 103. The molecule has 52 valence electrons. The summed E-state index contributed by atoms with van der Waals surface area (Å²) in [5, 5.41) is 0. The summed E-state index contributed by atoms with van der Waals surface area (Å²) < 4.78 is 0. The van der Waals surface area contributed by atoms with Gasteiger partial charge >= 0.3 is 0 Å². The van der Waals surface area contributed by atoms with Crippen LogP contribution >= 0.6 is 0 Å². The molecule has 1 unspecified atom stereocenters. The molecule has 0 aromatic heterocycles. The number of hydrogen-bond acceptors (Lipinski definition) is 2. The highest BCUT2D eigenvalue weighted by molar-refractivity contribution is 4.97. The van der Waals surface area contributed by atoms with E-state index in [-0.39, 0.29) is 6.10 Å². The Kier molecular flexibility index (Phi) is 2.25. The van der Waals surface area contributed by atoms with Crippen LogP contribution in [0, 0.1) is 0 Å². The normalized spacial score (nSPS) is 27.9. The van der Waals surface area contributed by atoms with Gasteiger partial charge in [-0.15, -0.1) is 0 Å². The van der Waals surface area contributed by atoms with Crippen LogP contribution in [0.25, 0.3) is 0 Å². The second kappa shape index (κ2) is 2.99. The molecule has 2 nitrogen and oxygen atoms in total. The largest absolute Gasteiger partial charge is 0.236 e. The minimum atomic E-state index is 0.138. The molecule has 9 heavy (non-hydrogen) atoms. The van der Waals surface area contributed by atoms with Gasteiger partial charge in [0.15, 0.2) is 0 Å². The van der Waals surface area contributed by atoms with Crippen molar-refractivity contribution in [3.63, 3.8) is 0 Å². The summed E-state index contributed by atoms with van der Waals surface area (Å²) in [4.78, 5) is 9.72. The Hall–Kier alpha value is -0.340. The molecule has 0 aromatic carbocycles. The summed E-state index contributed by atoms with van der Waals surface area (Å²) in [6.07, 6.45) is 2.27. The average Bonchev–Trinajstić information content (AvgIpc) is 1.90. The first kappa shape index (κ1) is 6.78. The molecule has 0 spiro atoms. The average molecular weight is 128 g/mol. The van der Waals surface area contributed by atoms with Gasteiger partial charge in [0.1, 0.15) is 6.10 Å². The summed E-state index contributed by atoms with van der Waals surface area (Å²) in [5.74, 6) is 0. The zero-order chi connectivity index (χ0) is 6.69. The molecule has 0 amide bonds. The molecule has 0 aromatic rings. The van der Waals surface area contributed by atoms with Crippen LogP contribution in [0.4, 0.5) is 0 Å². The van der Waals surface area contributed by atoms with Gasteiger partial charge in [-0.05, 0) is 25.3 Å². The van der Waals surface area contributed by atoms with Crippen LogP contribution < -0.4 is 0 Å². The zero-order valence-electron chi connectivity index (χ0n) is 5.72. The monoisotopic (exact) mass is 128 g/mol. The van der Waals surface area contributed by atoms with Gasteiger partial charge in [0.2, 0.25) is 0 Å². The predicted molar refractivity (Wildman–Crippen MR) is 34.9 cm³/mol. The van der Waals surface area contributed by atoms with E-state index in [9.17, 15) is 0 Å². The van der Waals surface area contributed by atoms with Gasteiger partial charge in [0.25, 0.3) is 0 Å². The van der Waals surface area contributed by atoms with Gasteiger partial charge in [0.05, 0.1) is 6.61 Å². The van der Waals surface area contributed by atoms with E-state index >= 15 is 0 Å². The van der Waals surface area contributed by atoms with Crippen molar-refractivity contribution in [2.24, 2.45) is 0 Å². The smallest absolute Gasteiger partial charge is 0.114 e. The van der Waals surface area contributed by atoms with E-state index in [0.717, 1.165) is 25.0 Å². The molecule has 1 aliphatic heterocycles. The molecule has 0 saturated carbocycles. The first-order valence-electron chi connectivity index (χ1n) is 3.24. The predicted octanol–water partition coefficient (Wildman–Crippen LogP) is 1.67. The van der Waals surface area contributed by atoms with Crippen LogP contribution in [-0.4, -0.2) is 12.7 Å². The highest BCUT2D eigenvalue weighted by Gasteiger charge is 2.14. The molecule has 2 heteroatoms. The zero-order valence-corrected chi connectivity index (χ0v) is 5.72. The first-order chi connectivity index (χ1) is 4.30. The summed E-state index contributed by atoms with van der Waals surface area (Å²) in [6, 6.07) is 0. The molecule has 1 saturated heterocycles. The summed E-state index contributed by atoms with van der Waals surface area (Å²) in [7, 11) is 0. The fourth-order valence-corrected chi connectivity index (χ4v) is 0.835. The van der Waals surface area contributed by atoms with Crippen molar-refractivity contribution in [2.75, 3.05) is 6.61 Å². The van der Waals surface area contributed by atoms with E-state index in [2.05, 4.69) is 6.58 Å². The van der Waals surface area contributed by atoms with Gasteiger partial charge in [0, 0.05) is 0 Å². The van der Waals surface area contributed by atoms with Crippen molar-refractivity contribution in [2.45, 2.75) is 25.9 Å². The molecule has 1 atom stereocenters. The van der Waals surface area contributed by atoms with Crippen LogP contribution in [-0.2, 0) is 9.78 Å². The minimum absolute atomic E-state index is 0.138. The topological polar surface area (TPSA) is 18.5 Å². The van der Waals surface area contributed by atoms with Crippen molar-refractivity contribution in [3.05, 3.63) is 12.2 Å². The Morgan fingerprint density at radius 2 is 2.44 bits per heavy atom. The second-order valence-corrected chi connectivity index (χ2v) is 2.40. The molecule has 0 radical (unpaired) electrons. The lowest BCUT2D eigenvalue weighted by Crippen LogP contribution is -2.20. The second-order valence-electron chi connectivity index (χ2n) is 2.40. The number of hydrogen-bond donors (Lipinski definition) is 0. The quantitative estimate of drug-likeness (QED) is 0.395. The van der Waals surface area contributed by atoms with E-state index in [1.165, 1.54) is 0 Å². The molecule has 1 rings (SSSR count). The molecule has 1 aliphatic rings. The fraction of sp³-hybridized carbons (Fsp3) is 0.714. The fourth-order valence-electron chi connectivity index (χ4n) is 0.835. The Balaban J connectivity index is 2.31. The first-order valence-corrected chi connectivity index (χ1v) is 3.24. The Morgan fingerprint density at radius 1 is 1.67 bits per heavy atom. The molecule has 1 heterocycles. The maximum Gasteiger partial charge on any atom is 0.114 e. The van der Waals surface area contributed by atoms with E-state index in [1.54, 1.807) is 0 Å². The Labute approximate surface area is 55.4 Å². The van der Waals surface area contributed by atoms with Crippen LogP contribution in [0.2, 0.25) is 0 Å². The SMILES string of the molecule is C=C(C)C1CCCOO1. The van der Waals surface area contributed by atoms with Crippen molar-refractivity contribution in [1.29, 1.82) is 0 Å². The highest BCUT2D eigenvalue weighted by Crippen LogP contribution is 2.15. The van der Waals surface area contributed by atoms with Crippen molar-refractivity contribution >= 4 is 0 Å². The van der Waals surface area contributed by atoms with Crippen LogP contribution in [0.15, 0.2) is 12.2 Å². The van der Waals surface area contributed by atoms with Crippen LogP contribution in [0.5, 0.6) is 0 Å². The Morgan fingerprint density at radius 3 is 2.78 bits per heavy atom. The third-order valence-corrected chi connectivity index (χ3v) is 1.43. The van der Waals surface area contributed by atoms with Crippen molar-refractivity contribution in [1.82, 2.24) is 0 Å². The van der Waals surface area contributed by atoms with Gasteiger partial charge in [-0.3, -0.25) is 0 Å². The summed E-state index contributed by atoms with van der Waals surface area (Å²) in [5.41, 5.74) is 1.05. The van der Waals surface area contributed by atoms with E-state index in [0.29, 0.717) is 0 Å². The minimum Gasteiger partial charge on any atom is -0.236 e. The lowest BCUT2D eigenvalue weighted by molar-refractivity contribution is -0.335. The summed E-state index contributed by atoms with van der Waals surface area (Å²) >= 11 is 0.